The van der Waals surface area contributed by atoms with E-state index in [9.17, 15) is 0 Å². The van der Waals surface area contributed by atoms with Crippen molar-refractivity contribution in [1.82, 2.24) is 24.9 Å². The van der Waals surface area contributed by atoms with Crippen LogP contribution in [-0.4, -0.2) is 52.4 Å². The van der Waals surface area contributed by atoms with Crippen LogP contribution in [0.15, 0.2) is 70.1 Å². The second kappa shape index (κ2) is 14.6. The van der Waals surface area contributed by atoms with Crippen LogP contribution < -0.4 is 10.0 Å². The molecule has 0 aliphatic carbocycles. The van der Waals surface area contributed by atoms with Gasteiger partial charge in [-0.25, -0.2) is 4.98 Å². The second-order valence-corrected chi connectivity index (χ2v) is 12.6. The highest BCUT2D eigenvalue weighted by Gasteiger charge is 2.17. The molecule has 1 aliphatic heterocycles. The van der Waals surface area contributed by atoms with E-state index in [1.54, 1.807) is 11.9 Å². The van der Waals surface area contributed by atoms with Crippen LogP contribution in [0.2, 0.25) is 0 Å². The quantitative estimate of drug-likeness (QED) is 0.132. The lowest BCUT2D eigenvalue weighted by molar-refractivity contribution is 0.134. The zero-order valence-corrected chi connectivity index (χ0v) is 27.7. The van der Waals surface area contributed by atoms with Crippen LogP contribution in [0.1, 0.15) is 54.1 Å². The largest absolute Gasteiger partial charge is 0.377 e. The standard InChI is InChI=1S/C36H44N6O2S/c1-5-9-35-38-32-21-28(22-41-18-16-37-17-19-41)13-15-33(32)42(35)23-27-12-14-30(29(20-27)24-43-6-2)31-10-7-8-11-34(31)45-40-36-25(3)26(4)44-39-36/h7-8,10-15,20-21,37H,5-6,9,16-19,22-24H2,1-4H3,(H,39,40). The van der Waals surface area contributed by atoms with Crippen molar-refractivity contribution in [2.45, 2.75) is 65.1 Å². The van der Waals surface area contributed by atoms with Gasteiger partial charge in [0, 0.05) is 62.8 Å². The van der Waals surface area contributed by atoms with Crippen molar-refractivity contribution in [3.8, 4) is 11.1 Å². The number of rotatable bonds is 13. The van der Waals surface area contributed by atoms with E-state index >= 15 is 0 Å². The van der Waals surface area contributed by atoms with Gasteiger partial charge in [0.1, 0.15) is 11.6 Å². The van der Waals surface area contributed by atoms with Crippen molar-refractivity contribution in [2.24, 2.45) is 0 Å². The Kier molecular flexibility index (Phi) is 10.2. The maximum atomic E-state index is 6.00. The van der Waals surface area contributed by atoms with Gasteiger partial charge in [-0.2, -0.15) is 0 Å². The number of aromatic nitrogens is 3. The van der Waals surface area contributed by atoms with Crippen LogP contribution in [0.5, 0.6) is 0 Å². The number of piperazine rings is 1. The van der Waals surface area contributed by atoms with E-state index in [-0.39, 0.29) is 0 Å². The summed E-state index contributed by atoms with van der Waals surface area (Å²) >= 11 is 1.55. The molecule has 0 amide bonds. The van der Waals surface area contributed by atoms with E-state index in [2.05, 4.69) is 92.2 Å². The van der Waals surface area contributed by atoms with E-state index in [1.165, 1.54) is 27.8 Å². The van der Waals surface area contributed by atoms with E-state index < -0.39 is 0 Å². The van der Waals surface area contributed by atoms with Crippen molar-refractivity contribution in [2.75, 3.05) is 37.5 Å². The molecule has 3 aromatic carbocycles. The predicted octanol–water partition coefficient (Wildman–Crippen LogP) is 7.37. The molecule has 0 radical (unpaired) electrons. The number of nitrogens with one attached hydrogen (secondary N) is 2. The van der Waals surface area contributed by atoms with Crippen LogP contribution in [-0.2, 0) is 30.9 Å². The summed E-state index contributed by atoms with van der Waals surface area (Å²) in [6.45, 7) is 15.5. The molecule has 0 saturated carbocycles. The first-order valence-electron chi connectivity index (χ1n) is 16.1. The summed E-state index contributed by atoms with van der Waals surface area (Å²) < 4.78 is 17.1. The van der Waals surface area contributed by atoms with Crippen LogP contribution in [0, 0.1) is 13.8 Å². The number of hydrogen-bond acceptors (Lipinski definition) is 8. The fourth-order valence-electron chi connectivity index (χ4n) is 5.96. The lowest BCUT2D eigenvalue weighted by atomic mass is 9.97. The lowest BCUT2D eigenvalue weighted by Gasteiger charge is -2.27. The number of ether oxygens (including phenoxy) is 1. The molecular weight excluding hydrogens is 581 g/mol. The number of hydrogen-bond donors (Lipinski definition) is 2. The highest BCUT2D eigenvalue weighted by atomic mass is 32.2. The average molecular weight is 625 g/mol. The monoisotopic (exact) mass is 624 g/mol. The Balaban J connectivity index is 1.29. The Morgan fingerprint density at radius 2 is 1.76 bits per heavy atom. The van der Waals surface area contributed by atoms with E-state index in [4.69, 9.17) is 14.2 Å². The van der Waals surface area contributed by atoms with Gasteiger partial charge in [-0.1, -0.05) is 54.5 Å². The van der Waals surface area contributed by atoms with Gasteiger partial charge in [-0.3, -0.25) is 4.90 Å². The molecule has 1 saturated heterocycles. The van der Waals surface area contributed by atoms with Gasteiger partial charge in [0.05, 0.1) is 17.6 Å². The first kappa shape index (κ1) is 31.4. The number of nitrogens with zero attached hydrogens (tertiary/aromatic N) is 4. The van der Waals surface area contributed by atoms with Gasteiger partial charge in [-0.15, -0.1) is 0 Å². The summed E-state index contributed by atoms with van der Waals surface area (Å²) in [5.74, 6) is 2.72. The molecule has 2 N–H and O–H groups in total. The molecule has 6 rings (SSSR count). The lowest BCUT2D eigenvalue weighted by Crippen LogP contribution is -2.42. The molecular formula is C36H44N6O2S. The maximum absolute atomic E-state index is 6.00. The normalized spacial score (nSPS) is 14.0. The summed E-state index contributed by atoms with van der Waals surface area (Å²) in [5.41, 5.74) is 9.39. The van der Waals surface area contributed by atoms with Gasteiger partial charge in [0.15, 0.2) is 5.82 Å². The van der Waals surface area contributed by atoms with Crippen LogP contribution >= 0.6 is 11.9 Å². The highest BCUT2D eigenvalue weighted by molar-refractivity contribution is 8.00. The third kappa shape index (κ3) is 7.28. The number of fused-ring (bicyclic) bond motifs is 1. The number of imidazole rings is 1. The molecule has 1 aliphatic rings. The van der Waals surface area contributed by atoms with Gasteiger partial charge < -0.3 is 23.9 Å². The van der Waals surface area contributed by atoms with Gasteiger partial charge in [-0.05, 0) is 85.2 Å². The minimum atomic E-state index is 0.551. The highest BCUT2D eigenvalue weighted by Crippen LogP contribution is 2.35. The van der Waals surface area contributed by atoms with E-state index in [1.807, 2.05) is 20.8 Å². The summed E-state index contributed by atoms with van der Waals surface area (Å²) in [6, 6.07) is 22.1. The average Bonchev–Trinajstić information content (AvgIpc) is 3.57. The van der Waals surface area contributed by atoms with Crippen molar-refractivity contribution in [1.29, 1.82) is 0 Å². The predicted molar refractivity (Wildman–Crippen MR) is 184 cm³/mol. The van der Waals surface area contributed by atoms with Crippen LogP contribution in [0.3, 0.4) is 0 Å². The topological polar surface area (TPSA) is 80.4 Å². The van der Waals surface area contributed by atoms with Crippen molar-refractivity contribution < 1.29 is 9.26 Å². The molecule has 2 aromatic heterocycles. The van der Waals surface area contributed by atoms with Crippen molar-refractivity contribution in [3.63, 3.8) is 0 Å². The molecule has 8 nitrogen and oxygen atoms in total. The third-order valence-corrected chi connectivity index (χ3v) is 9.42. The molecule has 0 atom stereocenters. The van der Waals surface area contributed by atoms with Gasteiger partial charge in [0.2, 0.25) is 0 Å². The molecule has 0 bridgehead atoms. The molecule has 236 valence electrons. The number of benzene rings is 3. The molecule has 45 heavy (non-hydrogen) atoms. The Labute approximate surface area is 270 Å². The molecule has 0 spiro atoms. The SMILES string of the molecule is CCCc1nc2cc(CN3CCNCC3)ccc2n1Cc1ccc(-c2ccccc2SNc2noc(C)c2C)c(COCC)c1. The number of anilines is 1. The summed E-state index contributed by atoms with van der Waals surface area (Å²) in [7, 11) is 0. The van der Waals surface area contributed by atoms with Crippen molar-refractivity contribution in [3.05, 3.63) is 94.5 Å². The molecule has 3 heterocycles. The van der Waals surface area contributed by atoms with Gasteiger partial charge in [0.25, 0.3) is 0 Å². The third-order valence-electron chi connectivity index (χ3n) is 8.55. The number of aryl methyl sites for hydroxylation is 2. The van der Waals surface area contributed by atoms with Crippen LogP contribution in [0.25, 0.3) is 22.2 Å². The molecule has 1 fully saturated rings. The molecule has 5 aromatic rings. The summed E-state index contributed by atoms with van der Waals surface area (Å²) in [5, 5.41) is 7.62. The Morgan fingerprint density at radius 3 is 2.53 bits per heavy atom. The minimum Gasteiger partial charge on any atom is -0.377 e. The fraction of sp³-hybridized carbons (Fsp3) is 0.389. The van der Waals surface area contributed by atoms with E-state index in [0.717, 1.165) is 91.1 Å². The van der Waals surface area contributed by atoms with Crippen LogP contribution in [0.4, 0.5) is 5.82 Å². The zero-order chi connectivity index (χ0) is 31.2. The summed E-state index contributed by atoms with van der Waals surface area (Å²) in [6.07, 6.45) is 2.01. The maximum Gasteiger partial charge on any atom is 0.182 e. The van der Waals surface area contributed by atoms with Crippen molar-refractivity contribution >= 4 is 28.8 Å². The second-order valence-electron chi connectivity index (χ2n) is 11.8. The molecule has 9 heteroatoms. The summed E-state index contributed by atoms with van der Waals surface area (Å²) in [4.78, 5) is 8.78. The van der Waals surface area contributed by atoms with Gasteiger partial charge >= 0.3 is 0 Å². The molecule has 0 unspecified atom stereocenters. The smallest absolute Gasteiger partial charge is 0.182 e. The minimum absolute atomic E-state index is 0.551. The Morgan fingerprint density at radius 1 is 0.956 bits per heavy atom. The van der Waals surface area contributed by atoms with E-state index in [0.29, 0.717) is 13.2 Å². The zero-order valence-electron chi connectivity index (χ0n) is 26.9. The first-order valence-corrected chi connectivity index (χ1v) is 16.9. The first-order chi connectivity index (χ1) is 22.0. The fourth-order valence-corrected chi connectivity index (χ4v) is 6.79. The Bertz CT molecular complexity index is 1740. The Hall–Kier alpha value is -3.63.